The van der Waals surface area contributed by atoms with Crippen molar-refractivity contribution in [1.82, 2.24) is 9.47 Å². The van der Waals surface area contributed by atoms with Crippen LogP contribution in [0, 0.1) is 11.3 Å². The number of hydrogen-bond donors (Lipinski definition) is 1. The number of amides is 1. The second-order valence-electron chi connectivity index (χ2n) is 7.56. The minimum Gasteiger partial charge on any atom is -0.353 e. The maximum atomic E-state index is 12.6. The summed E-state index contributed by atoms with van der Waals surface area (Å²) < 4.78 is 2.18. The van der Waals surface area contributed by atoms with Gasteiger partial charge in [0.2, 0.25) is 5.91 Å². The molecule has 0 bridgehead atoms. The van der Waals surface area contributed by atoms with Crippen molar-refractivity contribution in [1.29, 1.82) is 5.26 Å². The van der Waals surface area contributed by atoms with Crippen LogP contribution in [0.3, 0.4) is 0 Å². The van der Waals surface area contributed by atoms with Crippen LogP contribution in [0.4, 0.5) is 5.00 Å². The number of likely N-dealkylation sites (tertiary alicyclic amines) is 1. The Morgan fingerprint density at radius 1 is 1.37 bits per heavy atom. The molecule has 0 aromatic carbocycles. The summed E-state index contributed by atoms with van der Waals surface area (Å²) in [5.74, 6) is 0.0163. The molecule has 0 saturated carbocycles. The smallest absolute Gasteiger partial charge is 0.226 e. The molecule has 1 aliphatic heterocycles. The van der Waals surface area contributed by atoms with Crippen molar-refractivity contribution >= 4 is 22.2 Å². The van der Waals surface area contributed by atoms with E-state index in [1.165, 1.54) is 29.0 Å². The molecule has 0 spiro atoms. The summed E-state index contributed by atoms with van der Waals surface area (Å²) in [5.41, 5.74) is 3.20. The number of aryl methyl sites for hydroxylation is 2. The summed E-state index contributed by atoms with van der Waals surface area (Å²) in [6, 6.07) is 6.99. The van der Waals surface area contributed by atoms with E-state index in [9.17, 15) is 10.1 Å². The summed E-state index contributed by atoms with van der Waals surface area (Å²) in [6.45, 7) is 1.80. The van der Waals surface area contributed by atoms with E-state index in [1.807, 2.05) is 0 Å². The summed E-state index contributed by atoms with van der Waals surface area (Å²) >= 11 is 1.60. The highest BCUT2D eigenvalue weighted by molar-refractivity contribution is 7.16. The Morgan fingerprint density at radius 2 is 2.22 bits per heavy atom. The monoisotopic (exact) mass is 382 g/mol. The van der Waals surface area contributed by atoms with Gasteiger partial charge in [-0.1, -0.05) is 0 Å². The van der Waals surface area contributed by atoms with E-state index >= 15 is 0 Å². The van der Waals surface area contributed by atoms with E-state index in [4.69, 9.17) is 0 Å². The molecule has 5 nitrogen and oxygen atoms in total. The third kappa shape index (κ3) is 3.67. The fourth-order valence-corrected chi connectivity index (χ4v) is 5.71. The Morgan fingerprint density at radius 3 is 3.00 bits per heavy atom. The van der Waals surface area contributed by atoms with Gasteiger partial charge >= 0.3 is 0 Å². The average molecular weight is 383 g/mol. The van der Waals surface area contributed by atoms with E-state index in [2.05, 4.69) is 46.2 Å². The van der Waals surface area contributed by atoms with E-state index in [1.54, 1.807) is 11.3 Å². The predicted octanol–water partition coefficient (Wildman–Crippen LogP) is 4.00. The molecule has 1 amide bonds. The highest BCUT2D eigenvalue weighted by Gasteiger charge is 2.28. The molecule has 2 aliphatic rings. The number of carbonyl (C=O) groups excluding carboxylic acids is 1. The van der Waals surface area contributed by atoms with Crippen LogP contribution in [0.5, 0.6) is 0 Å². The second-order valence-corrected chi connectivity index (χ2v) is 8.67. The van der Waals surface area contributed by atoms with Crippen LogP contribution < -0.4 is 5.32 Å². The molecule has 1 N–H and O–H groups in total. The van der Waals surface area contributed by atoms with Gasteiger partial charge < -0.3 is 9.88 Å². The number of rotatable bonds is 5. The van der Waals surface area contributed by atoms with Gasteiger partial charge in [0.1, 0.15) is 11.1 Å². The second kappa shape index (κ2) is 7.87. The third-order valence-corrected chi connectivity index (χ3v) is 7.06. The standard InChI is InChI=1S/C21H26N4OS/c1-24-11-4-7-17(24)18-8-5-12-25(18)13-10-20(26)23-21-16(14-22)15-6-2-3-9-19(15)27-21/h4,7,11,18H,2-3,5-6,8-10,12-13H2,1H3,(H,23,26)/t18-/m1/s1. The Hall–Kier alpha value is -2.10. The van der Waals surface area contributed by atoms with Crippen LogP contribution in [-0.2, 0) is 24.7 Å². The zero-order valence-electron chi connectivity index (χ0n) is 15.8. The molecule has 2 aromatic rings. The number of carbonyl (C=O) groups is 1. The fourth-order valence-electron chi connectivity index (χ4n) is 4.46. The van der Waals surface area contributed by atoms with Crippen molar-refractivity contribution in [2.24, 2.45) is 7.05 Å². The maximum absolute atomic E-state index is 12.6. The van der Waals surface area contributed by atoms with Gasteiger partial charge in [0.15, 0.2) is 0 Å². The van der Waals surface area contributed by atoms with Crippen molar-refractivity contribution in [2.45, 2.75) is 51.0 Å². The van der Waals surface area contributed by atoms with Gasteiger partial charge in [0.05, 0.1) is 11.6 Å². The molecular weight excluding hydrogens is 356 g/mol. The van der Waals surface area contributed by atoms with Crippen molar-refractivity contribution in [2.75, 3.05) is 18.4 Å². The number of thiophene rings is 1. The first kappa shape index (κ1) is 18.3. The van der Waals surface area contributed by atoms with Gasteiger partial charge in [-0.3, -0.25) is 9.69 Å². The molecule has 142 valence electrons. The van der Waals surface area contributed by atoms with Gasteiger partial charge in [0.25, 0.3) is 0 Å². The Balaban J connectivity index is 1.38. The Bertz CT molecular complexity index is 875. The topological polar surface area (TPSA) is 61.1 Å². The number of hydrogen-bond acceptors (Lipinski definition) is 4. The van der Waals surface area contributed by atoms with Gasteiger partial charge in [-0.15, -0.1) is 11.3 Å². The molecule has 6 heteroatoms. The van der Waals surface area contributed by atoms with Crippen LogP contribution in [0.1, 0.15) is 59.8 Å². The first-order chi connectivity index (χ1) is 13.2. The van der Waals surface area contributed by atoms with Gasteiger partial charge in [-0.25, -0.2) is 0 Å². The number of nitrogens with zero attached hydrogens (tertiary/aromatic N) is 3. The summed E-state index contributed by atoms with van der Waals surface area (Å²) in [6.07, 6.45) is 9.20. The SMILES string of the molecule is Cn1cccc1[C@H]1CCCN1CCC(=O)Nc1sc2c(c1C#N)CCCC2. The van der Waals surface area contributed by atoms with Crippen LogP contribution >= 0.6 is 11.3 Å². The zero-order chi connectivity index (χ0) is 18.8. The first-order valence-electron chi connectivity index (χ1n) is 9.87. The minimum absolute atomic E-state index is 0.0163. The summed E-state index contributed by atoms with van der Waals surface area (Å²) in [7, 11) is 2.08. The maximum Gasteiger partial charge on any atom is 0.226 e. The number of nitrogens with one attached hydrogen (secondary N) is 1. The fraction of sp³-hybridized carbons (Fsp3) is 0.524. The molecule has 1 saturated heterocycles. The van der Waals surface area contributed by atoms with E-state index in [0.717, 1.165) is 43.8 Å². The van der Waals surface area contributed by atoms with Crippen LogP contribution in [0.2, 0.25) is 0 Å². The lowest BCUT2D eigenvalue weighted by Gasteiger charge is -2.24. The lowest BCUT2D eigenvalue weighted by atomic mass is 9.96. The van der Waals surface area contributed by atoms with Crippen LogP contribution in [-0.4, -0.2) is 28.5 Å². The number of anilines is 1. The van der Waals surface area contributed by atoms with Crippen molar-refractivity contribution in [3.63, 3.8) is 0 Å². The van der Waals surface area contributed by atoms with Gasteiger partial charge in [0, 0.05) is 36.8 Å². The molecule has 0 unspecified atom stereocenters. The third-order valence-electron chi connectivity index (χ3n) is 5.85. The van der Waals surface area contributed by atoms with Crippen molar-refractivity contribution in [3.05, 3.63) is 40.0 Å². The molecule has 1 aliphatic carbocycles. The number of fused-ring (bicyclic) bond motifs is 1. The van der Waals surface area contributed by atoms with Crippen LogP contribution in [0.15, 0.2) is 18.3 Å². The highest BCUT2D eigenvalue weighted by Crippen LogP contribution is 2.38. The number of aromatic nitrogens is 1. The van der Waals surface area contributed by atoms with E-state index in [0.29, 0.717) is 18.0 Å². The molecule has 0 radical (unpaired) electrons. The molecule has 3 heterocycles. The lowest BCUT2D eigenvalue weighted by molar-refractivity contribution is -0.116. The molecule has 1 atom stereocenters. The number of nitriles is 1. The first-order valence-corrected chi connectivity index (χ1v) is 10.7. The molecule has 27 heavy (non-hydrogen) atoms. The van der Waals surface area contributed by atoms with Gasteiger partial charge in [-0.2, -0.15) is 5.26 Å². The van der Waals surface area contributed by atoms with E-state index < -0.39 is 0 Å². The molecule has 1 fully saturated rings. The average Bonchev–Trinajstić information content (AvgIpc) is 3.37. The lowest BCUT2D eigenvalue weighted by Crippen LogP contribution is -2.28. The summed E-state index contributed by atoms with van der Waals surface area (Å²) in [4.78, 5) is 16.3. The molecule has 2 aromatic heterocycles. The Kier molecular flexibility index (Phi) is 5.33. The minimum atomic E-state index is 0.0163. The van der Waals surface area contributed by atoms with Gasteiger partial charge in [-0.05, 0) is 62.8 Å². The normalized spacial score (nSPS) is 19.6. The largest absolute Gasteiger partial charge is 0.353 e. The van der Waals surface area contributed by atoms with E-state index in [-0.39, 0.29) is 5.91 Å². The predicted molar refractivity (Wildman–Crippen MR) is 108 cm³/mol. The summed E-state index contributed by atoms with van der Waals surface area (Å²) in [5, 5.41) is 13.3. The Labute approximate surface area is 164 Å². The molecular formula is C21H26N4OS. The highest BCUT2D eigenvalue weighted by atomic mass is 32.1. The van der Waals surface area contributed by atoms with Crippen molar-refractivity contribution in [3.8, 4) is 6.07 Å². The quantitative estimate of drug-likeness (QED) is 0.850. The van der Waals surface area contributed by atoms with Crippen molar-refractivity contribution < 1.29 is 4.79 Å². The molecule has 4 rings (SSSR count). The van der Waals surface area contributed by atoms with Crippen LogP contribution in [0.25, 0.3) is 0 Å². The zero-order valence-corrected chi connectivity index (χ0v) is 16.6.